The first kappa shape index (κ1) is 13.4. The highest BCUT2D eigenvalue weighted by atomic mass is 35.5. The van der Waals surface area contributed by atoms with Crippen molar-refractivity contribution >= 4 is 11.6 Å². The molecule has 4 atom stereocenters. The van der Waals surface area contributed by atoms with Gasteiger partial charge in [-0.15, -0.1) is 0 Å². The van der Waals surface area contributed by atoms with Gasteiger partial charge in [0.2, 0.25) is 0 Å². The van der Waals surface area contributed by atoms with Crippen molar-refractivity contribution in [2.24, 2.45) is 23.0 Å². The minimum atomic E-state index is -0.225. The van der Waals surface area contributed by atoms with E-state index in [1.54, 1.807) is 6.07 Å². The zero-order chi connectivity index (χ0) is 13.8. The summed E-state index contributed by atoms with van der Waals surface area (Å²) >= 11 is 6.11. The van der Waals surface area contributed by atoms with Crippen LogP contribution < -0.4 is 5.73 Å². The molecule has 2 aliphatic rings. The third-order valence-electron chi connectivity index (χ3n) is 5.39. The summed E-state index contributed by atoms with van der Waals surface area (Å²) in [6.07, 6.45) is 4.82. The molecule has 0 spiro atoms. The molecule has 0 unspecified atom stereocenters. The summed E-state index contributed by atoms with van der Waals surface area (Å²) in [7, 11) is 0. The molecule has 3 rings (SSSR count). The zero-order valence-corrected chi connectivity index (χ0v) is 12.3. The summed E-state index contributed by atoms with van der Waals surface area (Å²) < 4.78 is 14.1. The molecule has 2 N–H and O–H groups in total. The number of fused-ring (bicyclic) bond motifs is 1. The highest BCUT2D eigenvalue weighted by molar-refractivity contribution is 6.31. The Bertz CT molecular complexity index is 516. The molecule has 19 heavy (non-hydrogen) atoms. The Hall–Kier alpha value is -0.600. The Labute approximate surface area is 119 Å². The van der Waals surface area contributed by atoms with Crippen LogP contribution in [0.3, 0.4) is 0 Å². The van der Waals surface area contributed by atoms with E-state index in [4.69, 9.17) is 17.3 Å². The molecule has 2 fully saturated rings. The third-order valence-corrected chi connectivity index (χ3v) is 5.80. The number of benzene rings is 1. The van der Waals surface area contributed by atoms with Gasteiger partial charge in [-0.3, -0.25) is 0 Å². The van der Waals surface area contributed by atoms with Crippen LogP contribution in [0.4, 0.5) is 4.39 Å². The van der Waals surface area contributed by atoms with Gasteiger partial charge in [-0.1, -0.05) is 18.5 Å². The van der Waals surface area contributed by atoms with Gasteiger partial charge in [0.1, 0.15) is 5.82 Å². The van der Waals surface area contributed by atoms with E-state index in [1.165, 1.54) is 18.9 Å². The fourth-order valence-corrected chi connectivity index (χ4v) is 4.11. The van der Waals surface area contributed by atoms with Crippen LogP contribution >= 0.6 is 11.6 Å². The largest absolute Gasteiger partial charge is 0.324 e. The van der Waals surface area contributed by atoms with Crippen molar-refractivity contribution in [1.82, 2.24) is 0 Å². The maximum atomic E-state index is 14.1. The van der Waals surface area contributed by atoms with Crippen LogP contribution in [0.2, 0.25) is 5.02 Å². The normalized spacial score (nSPS) is 34.8. The zero-order valence-electron chi connectivity index (χ0n) is 11.5. The molecule has 0 amide bonds. The molecule has 0 aliphatic heterocycles. The molecule has 2 saturated carbocycles. The van der Waals surface area contributed by atoms with E-state index in [2.05, 4.69) is 6.92 Å². The van der Waals surface area contributed by atoms with E-state index in [0.717, 1.165) is 24.3 Å². The number of rotatable bonds is 2. The average Bonchev–Trinajstić information content (AvgIpc) is 3.04. The van der Waals surface area contributed by atoms with E-state index >= 15 is 0 Å². The SMILES string of the molecule is Cc1c(Cl)ccc(F)c1[C@@H](N)[C@@H]1CC[C@@H]2C[C@]2(C)C1. The lowest BCUT2D eigenvalue weighted by Crippen LogP contribution is -2.28. The Balaban J connectivity index is 1.88. The van der Waals surface area contributed by atoms with Crippen molar-refractivity contribution in [3.05, 3.63) is 34.1 Å². The average molecular weight is 282 g/mol. The van der Waals surface area contributed by atoms with Crippen molar-refractivity contribution in [3.63, 3.8) is 0 Å². The lowest BCUT2D eigenvalue weighted by atomic mass is 9.76. The van der Waals surface area contributed by atoms with Crippen LogP contribution in [-0.4, -0.2) is 0 Å². The monoisotopic (exact) mass is 281 g/mol. The second kappa shape index (κ2) is 4.46. The second-order valence-corrected chi connectivity index (χ2v) is 7.10. The summed E-state index contributed by atoms with van der Waals surface area (Å²) in [6, 6.07) is 2.83. The number of halogens is 2. The maximum absolute atomic E-state index is 14.1. The molecule has 0 radical (unpaired) electrons. The summed E-state index contributed by atoms with van der Waals surface area (Å²) in [5, 5.41) is 0.609. The lowest BCUT2D eigenvalue weighted by molar-refractivity contribution is 0.233. The molecule has 0 heterocycles. The molecule has 104 valence electrons. The van der Waals surface area contributed by atoms with Crippen molar-refractivity contribution < 1.29 is 4.39 Å². The van der Waals surface area contributed by atoms with Crippen LogP contribution in [0.1, 0.15) is 49.8 Å². The van der Waals surface area contributed by atoms with Crippen molar-refractivity contribution in [3.8, 4) is 0 Å². The summed E-state index contributed by atoms with van der Waals surface area (Å²) in [5.41, 5.74) is 8.29. The standard InChI is InChI=1S/C16H21ClFN/c1-9-12(17)5-6-13(18)14(9)15(19)10-3-4-11-8-16(11,2)7-10/h5-6,10-11,15H,3-4,7-8,19H2,1-2H3/t10-,11-,15+,16+/m1/s1. The van der Waals surface area contributed by atoms with Crippen LogP contribution in [-0.2, 0) is 0 Å². The molecule has 3 heteroatoms. The lowest BCUT2D eigenvalue weighted by Gasteiger charge is -2.32. The van der Waals surface area contributed by atoms with Gasteiger partial charge in [-0.2, -0.15) is 0 Å². The molecule has 1 aromatic carbocycles. The van der Waals surface area contributed by atoms with Crippen molar-refractivity contribution in [1.29, 1.82) is 0 Å². The fraction of sp³-hybridized carbons (Fsp3) is 0.625. The smallest absolute Gasteiger partial charge is 0.128 e. The minimum absolute atomic E-state index is 0.211. The molecule has 0 aromatic heterocycles. The fourth-order valence-electron chi connectivity index (χ4n) is 3.94. The van der Waals surface area contributed by atoms with Crippen LogP contribution in [0.15, 0.2) is 12.1 Å². The minimum Gasteiger partial charge on any atom is -0.324 e. The molecular weight excluding hydrogens is 261 g/mol. The van der Waals surface area contributed by atoms with Gasteiger partial charge in [0.15, 0.2) is 0 Å². The van der Waals surface area contributed by atoms with E-state index in [0.29, 0.717) is 21.9 Å². The van der Waals surface area contributed by atoms with E-state index in [1.807, 2.05) is 6.92 Å². The molecule has 1 nitrogen and oxygen atoms in total. The van der Waals surface area contributed by atoms with E-state index in [9.17, 15) is 4.39 Å². The first-order valence-corrected chi connectivity index (χ1v) is 7.50. The van der Waals surface area contributed by atoms with Gasteiger partial charge >= 0.3 is 0 Å². The summed E-state index contributed by atoms with van der Waals surface area (Å²) in [5.74, 6) is 1.06. The number of hydrogen-bond donors (Lipinski definition) is 1. The third kappa shape index (κ3) is 2.19. The van der Waals surface area contributed by atoms with Gasteiger partial charge < -0.3 is 5.73 Å². The Morgan fingerprint density at radius 3 is 2.79 bits per heavy atom. The first-order valence-electron chi connectivity index (χ1n) is 7.12. The van der Waals surface area contributed by atoms with Crippen LogP contribution in [0.25, 0.3) is 0 Å². The van der Waals surface area contributed by atoms with Gasteiger partial charge in [0.25, 0.3) is 0 Å². The predicted octanol–water partition coefficient (Wildman–Crippen LogP) is 4.61. The molecule has 1 aromatic rings. The Kier molecular flexibility index (Phi) is 3.14. The number of hydrogen-bond acceptors (Lipinski definition) is 1. The Morgan fingerprint density at radius 1 is 1.37 bits per heavy atom. The van der Waals surface area contributed by atoms with Crippen LogP contribution in [0, 0.1) is 30.0 Å². The second-order valence-electron chi connectivity index (χ2n) is 6.69. The van der Waals surface area contributed by atoms with Gasteiger partial charge in [-0.25, -0.2) is 4.39 Å². The highest BCUT2D eigenvalue weighted by Crippen LogP contribution is 2.63. The molecule has 0 bridgehead atoms. The predicted molar refractivity (Wildman–Crippen MR) is 76.6 cm³/mol. The first-order chi connectivity index (χ1) is 8.92. The number of nitrogens with two attached hydrogens (primary N) is 1. The van der Waals surface area contributed by atoms with Gasteiger partial charge in [-0.05, 0) is 67.6 Å². The van der Waals surface area contributed by atoms with Crippen LogP contribution in [0.5, 0.6) is 0 Å². The van der Waals surface area contributed by atoms with Gasteiger partial charge in [0.05, 0.1) is 0 Å². The maximum Gasteiger partial charge on any atom is 0.128 e. The topological polar surface area (TPSA) is 26.0 Å². The van der Waals surface area contributed by atoms with Crippen molar-refractivity contribution in [2.45, 2.75) is 45.6 Å². The summed E-state index contributed by atoms with van der Waals surface area (Å²) in [4.78, 5) is 0. The van der Waals surface area contributed by atoms with E-state index in [-0.39, 0.29) is 11.9 Å². The van der Waals surface area contributed by atoms with Crippen molar-refractivity contribution in [2.75, 3.05) is 0 Å². The summed E-state index contributed by atoms with van der Waals surface area (Å²) in [6.45, 7) is 4.21. The Morgan fingerprint density at radius 2 is 2.11 bits per heavy atom. The van der Waals surface area contributed by atoms with Gasteiger partial charge in [0, 0.05) is 16.6 Å². The molecular formula is C16H21ClFN. The van der Waals surface area contributed by atoms with E-state index < -0.39 is 0 Å². The molecule has 0 saturated heterocycles. The highest BCUT2D eigenvalue weighted by Gasteiger charge is 2.53. The molecule has 2 aliphatic carbocycles. The quantitative estimate of drug-likeness (QED) is 0.841.